The average Bonchev–Trinajstić information content (AvgIpc) is 3.29. The summed E-state index contributed by atoms with van der Waals surface area (Å²) < 4.78 is 12.5. The predicted octanol–water partition coefficient (Wildman–Crippen LogP) is 6.17. The van der Waals surface area contributed by atoms with Crippen molar-refractivity contribution >= 4 is 49.3 Å². The van der Waals surface area contributed by atoms with E-state index in [9.17, 15) is 9.59 Å². The zero-order valence-corrected chi connectivity index (χ0v) is 20.7. The fourth-order valence-electron chi connectivity index (χ4n) is 3.98. The van der Waals surface area contributed by atoms with E-state index in [1.165, 1.54) is 11.3 Å². The number of hydrogen-bond donors (Lipinski definition) is 0. The molecule has 0 radical (unpaired) electrons. The largest absolute Gasteiger partial charge is 0.494 e. The molecule has 3 heterocycles. The van der Waals surface area contributed by atoms with Crippen LogP contribution in [0.25, 0.3) is 11.0 Å². The van der Waals surface area contributed by atoms with Crippen LogP contribution in [0, 0.1) is 13.8 Å². The highest BCUT2D eigenvalue weighted by molar-refractivity contribution is 9.10. The second kappa shape index (κ2) is 8.43. The monoisotopic (exact) mass is 524 g/mol. The molecule has 2 aromatic carbocycles. The van der Waals surface area contributed by atoms with Crippen LogP contribution >= 0.6 is 27.3 Å². The Kier molecular flexibility index (Phi) is 5.58. The number of nitrogens with zero attached hydrogens (tertiary/aromatic N) is 2. The van der Waals surface area contributed by atoms with Gasteiger partial charge in [0.1, 0.15) is 11.3 Å². The molecule has 0 bridgehead atoms. The van der Waals surface area contributed by atoms with Gasteiger partial charge in [0.2, 0.25) is 5.76 Å². The molecule has 0 saturated heterocycles. The smallest absolute Gasteiger partial charge is 0.297 e. The number of ether oxygens (including phenoxy) is 1. The molecule has 0 saturated carbocycles. The number of amides is 1. The maximum atomic E-state index is 13.7. The van der Waals surface area contributed by atoms with Gasteiger partial charge in [-0.3, -0.25) is 14.5 Å². The summed E-state index contributed by atoms with van der Waals surface area (Å²) in [5.74, 6) is 0.445. The second-order valence-electron chi connectivity index (χ2n) is 7.95. The third-order valence-corrected chi connectivity index (χ3v) is 7.29. The minimum atomic E-state index is -0.641. The number of halogens is 1. The van der Waals surface area contributed by atoms with Gasteiger partial charge in [-0.25, -0.2) is 4.98 Å². The highest BCUT2D eigenvalue weighted by Gasteiger charge is 2.45. The Morgan fingerprint density at radius 2 is 1.91 bits per heavy atom. The third-order valence-electron chi connectivity index (χ3n) is 5.72. The van der Waals surface area contributed by atoms with E-state index < -0.39 is 6.04 Å². The number of benzene rings is 2. The molecule has 0 aliphatic carbocycles. The van der Waals surface area contributed by atoms with Crippen LogP contribution in [0.1, 0.15) is 51.6 Å². The van der Waals surface area contributed by atoms with Crippen molar-refractivity contribution in [2.24, 2.45) is 0 Å². The highest BCUT2D eigenvalue weighted by Crippen LogP contribution is 2.43. The summed E-state index contributed by atoms with van der Waals surface area (Å²) in [4.78, 5) is 34.5. The van der Waals surface area contributed by atoms with Crippen molar-refractivity contribution in [3.63, 3.8) is 0 Å². The molecular formula is C25H21BrN2O4S. The van der Waals surface area contributed by atoms with Gasteiger partial charge in [0.25, 0.3) is 5.91 Å². The van der Waals surface area contributed by atoms with Gasteiger partial charge < -0.3 is 9.15 Å². The molecule has 33 heavy (non-hydrogen) atoms. The molecular weight excluding hydrogens is 504 g/mol. The van der Waals surface area contributed by atoms with E-state index in [-0.39, 0.29) is 17.1 Å². The Morgan fingerprint density at radius 3 is 2.58 bits per heavy atom. The van der Waals surface area contributed by atoms with Crippen LogP contribution in [-0.2, 0) is 0 Å². The molecule has 0 unspecified atom stereocenters. The first-order valence-electron chi connectivity index (χ1n) is 10.7. The number of aromatic nitrogens is 1. The number of carbonyl (C=O) groups excluding carboxylic acids is 1. The van der Waals surface area contributed by atoms with E-state index >= 15 is 0 Å². The fourth-order valence-corrected chi connectivity index (χ4v) is 5.28. The molecule has 0 fully saturated rings. The normalized spacial score (nSPS) is 15.3. The average molecular weight is 525 g/mol. The van der Waals surface area contributed by atoms with Gasteiger partial charge in [-0.1, -0.05) is 35.0 Å². The first-order chi connectivity index (χ1) is 15.9. The Labute approximate surface area is 203 Å². The highest BCUT2D eigenvalue weighted by atomic mass is 79.9. The van der Waals surface area contributed by atoms with Gasteiger partial charge in [0, 0.05) is 9.35 Å². The number of thiazole rings is 1. The Morgan fingerprint density at radius 1 is 1.15 bits per heavy atom. The molecule has 2 aromatic heterocycles. The molecule has 5 rings (SSSR count). The Balaban J connectivity index is 1.72. The molecule has 1 atom stereocenters. The van der Waals surface area contributed by atoms with Crippen molar-refractivity contribution in [2.45, 2.75) is 33.2 Å². The van der Waals surface area contributed by atoms with Crippen LogP contribution in [0.4, 0.5) is 5.13 Å². The SMILES string of the molecule is CCCOc1ccc([C@H]2c3c(oc4ccc(Br)cc4c3=O)C(=O)N2c2nc(C)c(C)s2)cc1. The summed E-state index contributed by atoms with van der Waals surface area (Å²) in [6.07, 6.45) is 0.909. The van der Waals surface area contributed by atoms with Crippen LogP contribution in [-0.4, -0.2) is 17.5 Å². The summed E-state index contributed by atoms with van der Waals surface area (Å²) in [6.45, 7) is 6.55. The molecule has 0 N–H and O–H groups in total. The van der Waals surface area contributed by atoms with Crippen molar-refractivity contribution in [1.29, 1.82) is 0 Å². The second-order valence-corrected chi connectivity index (χ2v) is 10.0. The first-order valence-corrected chi connectivity index (χ1v) is 12.3. The van der Waals surface area contributed by atoms with Gasteiger partial charge in [0.15, 0.2) is 10.6 Å². The zero-order valence-electron chi connectivity index (χ0n) is 18.3. The van der Waals surface area contributed by atoms with Crippen molar-refractivity contribution < 1.29 is 13.9 Å². The van der Waals surface area contributed by atoms with E-state index in [1.807, 2.05) is 45.0 Å². The van der Waals surface area contributed by atoms with E-state index in [2.05, 4.69) is 20.9 Å². The van der Waals surface area contributed by atoms with Crippen LogP contribution < -0.4 is 15.1 Å². The lowest BCUT2D eigenvalue weighted by Gasteiger charge is -2.22. The first kappa shape index (κ1) is 21.9. The van der Waals surface area contributed by atoms with Crippen LogP contribution in [0.2, 0.25) is 0 Å². The summed E-state index contributed by atoms with van der Waals surface area (Å²) in [6, 6.07) is 12.1. The van der Waals surface area contributed by atoms with Crippen molar-refractivity contribution in [3.05, 3.63) is 84.6 Å². The lowest BCUT2D eigenvalue weighted by atomic mass is 9.98. The topological polar surface area (TPSA) is 72.6 Å². The maximum absolute atomic E-state index is 13.7. The zero-order chi connectivity index (χ0) is 23.3. The molecule has 8 heteroatoms. The lowest BCUT2D eigenvalue weighted by molar-refractivity contribution is 0.0971. The number of rotatable bonds is 5. The van der Waals surface area contributed by atoms with E-state index in [0.29, 0.717) is 28.3 Å². The molecule has 1 amide bonds. The summed E-state index contributed by atoms with van der Waals surface area (Å²) in [7, 11) is 0. The van der Waals surface area contributed by atoms with Crippen LogP contribution in [0.15, 0.2) is 56.1 Å². The predicted molar refractivity (Wildman–Crippen MR) is 133 cm³/mol. The molecule has 6 nitrogen and oxygen atoms in total. The molecule has 4 aromatic rings. The van der Waals surface area contributed by atoms with Crippen LogP contribution in [0.5, 0.6) is 5.75 Å². The standard InChI is InChI=1S/C25H21BrN2O4S/c1-4-11-31-17-8-5-15(6-9-17)21-20-22(29)18-12-16(26)7-10-19(18)32-23(20)24(30)28(21)25-27-13(2)14(3)33-25/h5-10,12,21H,4,11H2,1-3H3/t21-/m0/s1. The van der Waals surface area contributed by atoms with Gasteiger partial charge in [-0.15, -0.1) is 11.3 Å². The Bertz CT molecular complexity index is 1420. The van der Waals surface area contributed by atoms with Gasteiger partial charge in [-0.05, 0) is 56.2 Å². The number of fused-ring (bicyclic) bond motifs is 2. The summed E-state index contributed by atoms with van der Waals surface area (Å²) >= 11 is 4.86. The fraction of sp³-hybridized carbons (Fsp3) is 0.240. The number of carbonyl (C=O) groups is 1. The molecule has 1 aliphatic rings. The lowest BCUT2D eigenvalue weighted by Crippen LogP contribution is -2.29. The Hall–Kier alpha value is -2.97. The van der Waals surface area contributed by atoms with E-state index in [4.69, 9.17) is 9.15 Å². The van der Waals surface area contributed by atoms with Gasteiger partial charge >= 0.3 is 0 Å². The van der Waals surface area contributed by atoms with Crippen molar-refractivity contribution in [2.75, 3.05) is 11.5 Å². The minimum Gasteiger partial charge on any atom is -0.494 e. The number of hydrogen-bond acceptors (Lipinski definition) is 6. The summed E-state index contributed by atoms with van der Waals surface area (Å²) in [5.41, 5.74) is 2.14. The molecule has 1 aliphatic heterocycles. The minimum absolute atomic E-state index is 0.0663. The van der Waals surface area contributed by atoms with Crippen LogP contribution in [0.3, 0.4) is 0 Å². The maximum Gasteiger partial charge on any atom is 0.297 e. The molecule has 0 spiro atoms. The van der Waals surface area contributed by atoms with Gasteiger partial charge in [0.05, 0.1) is 29.3 Å². The van der Waals surface area contributed by atoms with Gasteiger partial charge in [-0.2, -0.15) is 0 Å². The number of anilines is 1. The molecule has 168 valence electrons. The summed E-state index contributed by atoms with van der Waals surface area (Å²) in [5, 5.41) is 0.972. The number of aryl methyl sites for hydroxylation is 2. The van der Waals surface area contributed by atoms with E-state index in [0.717, 1.165) is 32.8 Å². The quantitative estimate of drug-likeness (QED) is 0.312. The van der Waals surface area contributed by atoms with E-state index in [1.54, 1.807) is 23.1 Å². The van der Waals surface area contributed by atoms with Crippen molar-refractivity contribution in [3.8, 4) is 5.75 Å². The van der Waals surface area contributed by atoms with Crippen molar-refractivity contribution in [1.82, 2.24) is 4.98 Å². The third kappa shape index (κ3) is 3.67.